The van der Waals surface area contributed by atoms with Crippen molar-refractivity contribution in [1.82, 2.24) is 9.88 Å². The Kier molecular flexibility index (Phi) is 6.16. The Balaban J connectivity index is 1.18. The van der Waals surface area contributed by atoms with Gasteiger partial charge in [0.15, 0.2) is 0 Å². The molecule has 1 amide bonds. The van der Waals surface area contributed by atoms with Gasteiger partial charge in [-0.1, -0.05) is 0 Å². The van der Waals surface area contributed by atoms with E-state index >= 15 is 0 Å². The van der Waals surface area contributed by atoms with E-state index in [1.54, 1.807) is 12.1 Å². The number of halogens is 3. The highest BCUT2D eigenvalue weighted by Crippen LogP contribution is 2.37. The highest BCUT2D eigenvalue weighted by Gasteiger charge is 2.41. The van der Waals surface area contributed by atoms with Gasteiger partial charge >= 0.3 is 6.18 Å². The molecular weight excluding hydrogens is 461 g/mol. The molecule has 3 heterocycles. The van der Waals surface area contributed by atoms with Crippen molar-refractivity contribution in [1.29, 1.82) is 0 Å². The summed E-state index contributed by atoms with van der Waals surface area (Å²) in [7, 11) is 0. The Morgan fingerprint density at radius 2 is 1.83 bits per heavy atom. The second-order valence-electron chi connectivity index (χ2n) is 9.54. The van der Waals surface area contributed by atoms with Crippen LogP contribution in [0.25, 0.3) is 0 Å². The predicted octanol–water partition coefficient (Wildman–Crippen LogP) is 4.61. The van der Waals surface area contributed by atoms with Gasteiger partial charge in [-0.25, -0.2) is 4.98 Å². The van der Waals surface area contributed by atoms with E-state index in [0.29, 0.717) is 44.5 Å². The van der Waals surface area contributed by atoms with Crippen molar-refractivity contribution in [2.24, 2.45) is 11.0 Å². The maximum atomic E-state index is 12.7. The third-order valence-corrected chi connectivity index (χ3v) is 6.86. The number of carbonyl (C=O) groups is 1. The average Bonchev–Trinajstić information content (AvgIpc) is 3.59. The minimum atomic E-state index is -4.45. The van der Waals surface area contributed by atoms with E-state index in [1.807, 2.05) is 28.3 Å². The molecule has 35 heavy (non-hydrogen) atoms. The molecule has 1 aliphatic carbocycles. The number of carbonyl (C=O) groups excluding carboxylic acids is 1. The van der Waals surface area contributed by atoms with Crippen molar-refractivity contribution in [3.05, 3.63) is 48.2 Å². The number of rotatable bonds is 6. The second-order valence-corrected chi connectivity index (χ2v) is 9.54. The molecule has 1 unspecified atom stereocenters. The number of hydrazone groups is 1. The molecule has 2 aromatic rings. The van der Waals surface area contributed by atoms with Crippen LogP contribution in [0.15, 0.2) is 47.7 Å². The van der Waals surface area contributed by atoms with Gasteiger partial charge in [0.25, 0.3) is 0 Å². The molecule has 0 spiro atoms. The van der Waals surface area contributed by atoms with Crippen molar-refractivity contribution in [2.75, 3.05) is 18.1 Å². The molecule has 5 rings (SSSR count). The highest BCUT2D eigenvalue weighted by atomic mass is 19.4. The van der Waals surface area contributed by atoms with Crippen molar-refractivity contribution in [3.63, 3.8) is 0 Å². The molecule has 2 aliphatic heterocycles. The Morgan fingerprint density at radius 1 is 1.11 bits per heavy atom. The summed E-state index contributed by atoms with van der Waals surface area (Å²) in [6.07, 6.45) is 2.47. The number of pyridine rings is 1. The summed E-state index contributed by atoms with van der Waals surface area (Å²) < 4.78 is 43.7. The van der Waals surface area contributed by atoms with Gasteiger partial charge in [0.05, 0.1) is 22.9 Å². The number of nitrogens with zero attached hydrogens (tertiary/aromatic N) is 4. The highest BCUT2D eigenvalue weighted by molar-refractivity contribution is 5.81. The zero-order valence-electron chi connectivity index (χ0n) is 19.1. The standard InChI is InChI=1S/C25H27F3N4O3/c26-25(27,28)18-3-8-22(29-16-18)35-21-6-4-19(5-7-21)32-20(9-12-30-32)15-24(34)10-13-31(14-11-24)23(33)17-1-2-17/h3-8,12,16-17,20,34H,1-2,9-11,13-15H2. The summed E-state index contributed by atoms with van der Waals surface area (Å²) in [5.41, 5.74) is -0.852. The van der Waals surface area contributed by atoms with E-state index in [-0.39, 0.29) is 23.7 Å². The zero-order valence-corrected chi connectivity index (χ0v) is 19.1. The Morgan fingerprint density at radius 3 is 2.43 bits per heavy atom. The molecule has 1 saturated carbocycles. The van der Waals surface area contributed by atoms with Crippen molar-refractivity contribution < 1.29 is 27.8 Å². The maximum Gasteiger partial charge on any atom is 0.417 e. The maximum absolute atomic E-state index is 12.7. The van der Waals surface area contributed by atoms with E-state index in [2.05, 4.69) is 10.1 Å². The molecule has 0 bridgehead atoms. The van der Waals surface area contributed by atoms with E-state index in [1.165, 1.54) is 6.07 Å². The fourth-order valence-corrected chi connectivity index (χ4v) is 4.67. The first-order valence-electron chi connectivity index (χ1n) is 11.8. The Labute approximate surface area is 201 Å². The molecule has 1 N–H and O–H groups in total. The lowest BCUT2D eigenvalue weighted by molar-refractivity contribution is -0.138. The lowest BCUT2D eigenvalue weighted by atomic mass is 9.84. The summed E-state index contributed by atoms with van der Waals surface area (Å²) in [4.78, 5) is 17.9. The summed E-state index contributed by atoms with van der Waals surface area (Å²) in [6.45, 7) is 1.17. The van der Waals surface area contributed by atoms with E-state index < -0.39 is 17.3 Å². The van der Waals surface area contributed by atoms with Gasteiger partial charge in [0.1, 0.15) is 5.75 Å². The number of amides is 1. The number of aromatic nitrogens is 1. The van der Waals surface area contributed by atoms with Crippen LogP contribution in [0.1, 0.15) is 44.1 Å². The van der Waals surface area contributed by atoms with Crippen LogP contribution < -0.4 is 9.75 Å². The number of piperidine rings is 1. The van der Waals surface area contributed by atoms with Crippen LogP contribution in [0.4, 0.5) is 18.9 Å². The molecule has 7 nitrogen and oxygen atoms in total. The minimum Gasteiger partial charge on any atom is -0.439 e. The minimum absolute atomic E-state index is 0.00553. The van der Waals surface area contributed by atoms with Crippen LogP contribution in [-0.2, 0) is 11.0 Å². The normalized spacial score (nSPS) is 21.9. The topological polar surface area (TPSA) is 78.3 Å². The van der Waals surface area contributed by atoms with E-state index in [9.17, 15) is 23.1 Å². The summed E-state index contributed by atoms with van der Waals surface area (Å²) in [6, 6.07) is 9.14. The molecular formula is C25H27F3N4O3. The van der Waals surface area contributed by atoms with Crippen LogP contribution >= 0.6 is 0 Å². The quantitative estimate of drug-likeness (QED) is 0.643. The SMILES string of the molecule is O=C(C1CC1)N1CCC(O)(CC2CC=NN2c2ccc(Oc3ccc(C(F)(F)F)cn3)cc2)CC1. The number of likely N-dealkylation sites (tertiary alicyclic amines) is 1. The van der Waals surface area contributed by atoms with Gasteiger partial charge in [0, 0.05) is 43.9 Å². The van der Waals surface area contributed by atoms with Gasteiger partial charge in [0.2, 0.25) is 11.8 Å². The van der Waals surface area contributed by atoms with Crippen molar-refractivity contribution in [2.45, 2.75) is 56.3 Å². The smallest absolute Gasteiger partial charge is 0.417 e. The molecule has 10 heteroatoms. The molecule has 1 saturated heterocycles. The Hall–Kier alpha value is -3.14. The number of hydrogen-bond donors (Lipinski definition) is 1. The first kappa shape index (κ1) is 23.6. The first-order valence-corrected chi connectivity index (χ1v) is 11.8. The monoisotopic (exact) mass is 488 g/mol. The van der Waals surface area contributed by atoms with Crippen molar-refractivity contribution >= 4 is 17.8 Å². The van der Waals surface area contributed by atoms with Gasteiger partial charge in [-0.15, -0.1) is 0 Å². The molecule has 1 aromatic carbocycles. The average molecular weight is 489 g/mol. The Bertz CT molecular complexity index is 1080. The third kappa shape index (κ3) is 5.42. The fraction of sp³-hybridized carbons (Fsp3) is 0.480. The second kappa shape index (κ2) is 9.14. The van der Waals surface area contributed by atoms with Gasteiger partial charge in [-0.2, -0.15) is 18.3 Å². The molecule has 1 aromatic heterocycles. The van der Waals surface area contributed by atoms with Gasteiger partial charge in [-0.05, 0) is 62.4 Å². The predicted molar refractivity (Wildman–Crippen MR) is 123 cm³/mol. The zero-order chi connectivity index (χ0) is 24.6. The van der Waals surface area contributed by atoms with Crippen molar-refractivity contribution in [3.8, 4) is 11.6 Å². The molecule has 1 atom stereocenters. The molecule has 186 valence electrons. The molecule has 3 aliphatic rings. The number of alkyl halides is 3. The third-order valence-electron chi connectivity index (χ3n) is 6.86. The van der Waals surface area contributed by atoms with Gasteiger partial charge < -0.3 is 14.7 Å². The number of anilines is 1. The van der Waals surface area contributed by atoms with Crippen LogP contribution in [0.3, 0.4) is 0 Å². The summed E-state index contributed by atoms with van der Waals surface area (Å²) in [5, 5.41) is 17.6. The molecule has 0 radical (unpaired) electrons. The van der Waals surface area contributed by atoms with E-state index in [0.717, 1.165) is 30.8 Å². The van der Waals surface area contributed by atoms with Crippen LogP contribution in [0.5, 0.6) is 11.6 Å². The fourth-order valence-electron chi connectivity index (χ4n) is 4.67. The van der Waals surface area contributed by atoms with Crippen LogP contribution in [-0.4, -0.2) is 51.8 Å². The van der Waals surface area contributed by atoms with Gasteiger partial charge in [-0.3, -0.25) is 9.80 Å². The lowest BCUT2D eigenvalue weighted by Crippen LogP contribution is -2.49. The van der Waals surface area contributed by atoms with E-state index in [4.69, 9.17) is 4.74 Å². The number of hydrogen-bond acceptors (Lipinski definition) is 6. The lowest BCUT2D eigenvalue weighted by Gasteiger charge is -2.40. The summed E-state index contributed by atoms with van der Waals surface area (Å²) >= 11 is 0. The number of aliphatic hydroxyl groups is 1. The summed E-state index contributed by atoms with van der Waals surface area (Å²) in [5.74, 6) is 0.928. The number of benzene rings is 1. The largest absolute Gasteiger partial charge is 0.439 e. The first-order chi connectivity index (χ1) is 16.7. The van der Waals surface area contributed by atoms with Crippen LogP contribution in [0.2, 0.25) is 0 Å². The molecule has 2 fully saturated rings. The number of ether oxygens (including phenoxy) is 1. The van der Waals surface area contributed by atoms with Crippen LogP contribution in [0, 0.1) is 5.92 Å².